The van der Waals surface area contributed by atoms with Crippen LogP contribution in [0.4, 0.5) is 0 Å². The lowest BCUT2D eigenvalue weighted by Crippen LogP contribution is -2.35. The molecule has 7 nitrogen and oxygen atoms in total. The van der Waals surface area contributed by atoms with Crippen molar-refractivity contribution in [2.24, 2.45) is 0 Å². The van der Waals surface area contributed by atoms with Gasteiger partial charge in [0.15, 0.2) is 0 Å². The highest BCUT2D eigenvalue weighted by molar-refractivity contribution is 5.69. The highest BCUT2D eigenvalue weighted by Crippen LogP contribution is 2.20. The maximum Gasteiger partial charge on any atom is 0.308 e. The summed E-state index contributed by atoms with van der Waals surface area (Å²) >= 11 is 0. The molecule has 0 spiro atoms. The lowest BCUT2D eigenvalue weighted by molar-refractivity contribution is -0.131. The van der Waals surface area contributed by atoms with E-state index >= 15 is 0 Å². The van der Waals surface area contributed by atoms with Crippen LogP contribution in [-0.2, 0) is 24.3 Å². The van der Waals surface area contributed by atoms with Crippen LogP contribution in [0.5, 0.6) is 5.75 Å². The maximum absolute atomic E-state index is 12.5. The van der Waals surface area contributed by atoms with Crippen LogP contribution in [0, 0.1) is 0 Å². The number of nitrogens with one attached hydrogen (secondary N) is 1. The Balaban J connectivity index is 1.52. The second-order valence-corrected chi connectivity index (χ2v) is 6.78. The van der Waals surface area contributed by atoms with Crippen LogP contribution in [0.15, 0.2) is 53.6 Å². The van der Waals surface area contributed by atoms with Gasteiger partial charge in [0.1, 0.15) is 11.6 Å². The van der Waals surface area contributed by atoms with Crippen LogP contribution < -0.4 is 10.3 Å². The van der Waals surface area contributed by atoms with Gasteiger partial charge in [0.25, 0.3) is 5.56 Å². The number of H-pyrrole nitrogens is 1. The number of nitrogens with zero attached hydrogens (tertiary/aromatic N) is 3. The second-order valence-electron chi connectivity index (χ2n) is 6.78. The van der Waals surface area contributed by atoms with E-state index in [-0.39, 0.29) is 11.5 Å². The third kappa shape index (κ3) is 3.99. The number of aromatic amines is 1. The Labute approximate surface area is 162 Å². The van der Waals surface area contributed by atoms with Crippen molar-refractivity contribution in [3.8, 4) is 17.1 Å². The zero-order valence-corrected chi connectivity index (χ0v) is 15.5. The van der Waals surface area contributed by atoms with E-state index < -0.39 is 0 Å². The van der Waals surface area contributed by atoms with Gasteiger partial charge in [-0.15, -0.1) is 0 Å². The van der Waals surface area contributed by atoms with E-state index in [2.05, 4.69) is 19.9 Å². The zero-order chi connectivity index (χ0) is 19.5. The first-order valence-electron chi connectivity index (χ1n) is 9.10. The van der Waals surface area contributed by atoms with Crippen molar-refractivity contribution in [1.82, 2.24) is 19.9 Å². The number of hydrogen-bond donors (Lipinski definition) is 1. The average molecular weight is 376 g/mol. The van der Waals surface area contributed by atoms with E-state index in [1.54, 1.807) is 24.5 Å². The molecular weight excluding hydrogens is 356 g/mol. The Morgan fingerprint density at radius 3 is 2.79 bits per heavy atom. The fourth-order valence-corrected chi connectivity index (χ4v) is 3.36. The third-order valence-corrected chi connectivity index (χ3v) is 4.68. The number of pyridine rings is 1. The van der Waals surface area contributed by atoms with Crippen LogP contribution in [0.3, 0.4) is 0 Å². The molecule has 0 radical (unpaired) electrons. The van der Waals surface area contributed by atoms with Crippen molar-refractivity contribution in [1.29, 1.82) is 0 Å². The molecule has 0 bridgehead atoms. The maximum atomic E-state index is 12.5. The molecule has 4 rings (SSSR count). The molecule has 0 amide bonds. The zero-order valence-electron chi connectivity index (χ0n) is 15.5. The Morgan fingerprint density at radius 2 is 2.07 bits per heavy atom. The molecule has 28 heavy (non-hydrogen) atoms. The van der Waals surface area contributed by atoms with Gasteiger partial charge < -0.3 is 9.72 Å². The lowest BCUT2D eigenvalue weighted by Gasteiger charge is -2.27. The monoisotopic (exact) mass is 376 g/mol. The number of carbonyl (C=O) groups is 1. The normalized spacial score (nSPS) is 13.8. The van der Waals surface area contributed by atoms with Crippen molar-refractivity contribution >= 4 is 5.97 Å². The number of fused-ring (bicyclic) bond motifs is 1. The van der Waals surface area contributed by atoms with Crippen molar-refractivity contribution in [3.63, 3.8) is 0 Å². The summed E-state index contributed by atoms with van der Waals surface area (Å²) in [4.78, 5) is 37.4. The standard InChI is InChI=1S/C21H20N4O3/c1-14(26)28-17-6-4-15(5-7-17)12-25-10-8-18-19(13-25)23-20(24-21(18)27)16-3-2-9-22-11-16/h2-7,9,11H,8,10,12-13H2,1H3,(H,23,24,27). The number of hydrogen-bond acceptors (Lipinski definition) is 6. The van der Waals surface area contributed by atoms with Crippen molar-refractivity contribution in [2.75, 3.05) is 6.54 Å². The number of carbonyl (C=O) groups excluding carboxylic acids is 1. The molecule has 142 valence electrons. The molecule has 1 aliphatic rings. The van der Waals surface area contributed by atoms with Crippen LogP contribution in [0.2, 0.25) is 0 Å². The van der Waals surface area contributed by atoms with Gasteiger partial charge in [-0.25, -0.2) is 4.98 Å². The summed E-state index contributed by atoms with van der Waals surface area (Å²) < 4.78 is 5.07. The topological polar surface area (TPSA) is 88.2 Å². The molecule has 3 aromatic rings. The Morgan fingerprint density at radius 1 is 1.25 bits per heavy atom. The van der Waals surface area contributed by atoms with E-state index in [9.17, 15) is 9.59 Å². The second kappa shape index (κ2) is 7.74. The van der Waals surface area contributed by atoms with Gasteiger partial charge >= 0.3 is 5.97 Å². The SMILES string of the molecule is CC(=O)Oc1ccc(CN2CCc3c(nc(-c4cccnc4)[nH]c3=O)C2)cc1. The molecule has 3 heterocycles. The average Bonchev–Trinajstić information content (AvgIpc) is 2.69. The van der Waals surface area contributed by atoms with Crippen LogP contribution >= 0.6 is 0 Å². The highest BCUT2D eigenvalue weighted by atomic mass is 16.5. The minimum absolute atomic E-state index is 0.0748. The molecule has 0 aliphatic carbocycles. The fraction of sp³-hybridized carbons (Fsp3) is 0.238. The first-order chi connectivity index (χ1) is 13.6. The molecule has 0 fully saturated rings. The Bertz CT molecular complexity index is 1050. The fourth-order valence-electron chi connectivity index (χ4n) is 3.36. The minimum atomic E-state index is -0.332. The number of benzene rings is 1. The van der Waals surface area contributed by atoms with E-state index in [0.29, 0.717) is 24.5 Å². The van der Waals surface area contributed by atoms with Gasteiger partial charge in [-0.2, -0.15) is 0 Å². The van der Waals surface area contributed by atoms with Crippen molar-refractivity contribution < 1.29 is 9.53 Å². The van der Waals surface area contributed by atoms with E-state index in [0.717, 1.165) is 35.5 Å². The number of ether oxygens (including phenoxy) is 1. The molecular formula is C21H20N4O3. The molecule has 7 heteroatoms. The molecule has 2 aromatic heterocycles. The van der Waals surface area contributed by atoms with Crippen LogP contribution in [0.1, 0.15) is 23.7 Å². The molecule has 0 atom stereocenters. The smallest absolute Gasteiger partial charge is 0.308 e. The summed E-state index contributed by atoms with van der Waals surface area (Å²) in [6.45, 7) is 3.51. The third-order valence-electron chi connectivity index (χ3n) is 4.68. The Hall–Kier alpha value is -3.32. The largest absolute Gasteiger partial charge is 0.427 e. The summed E-state index contributed by atoms with van der Waals surface area (Å²) in [5.74, 6) is 0.750. The van der Waals surface area contributed by atoms with E-state index in [1.165, 1.54) is 6.92 Å². The highest BCUT2D eigenvalue weighted by Gasteiger charge is 2.21. The minimum Gasteiger partial charge on any atom is -0.427 e. The summed E-state index contributed by atoms with van der Waals surface area (Å²) in [6.07, 6.45) is 4.04. The van der Waals surface area contributed by atoms with Gasteiger partial charge in [-0.1, -0.05) is 12.1 Å². The molecule has 1 aromatic carbocycles. The predicted octanol–water partition coefficient (Wildman–Crippen LogP) is 2.32. The summed E-state index contributed by atoms with van der Waals surface area (Å²) in [5, 5.41) is 0. The first-order valence-corrected chi connectivity index (χ1v) is 9.10. The van der Waals surface area contributed by atoms with E-state index in [1.807, 2.05) is 24.3 Å². The molecule has 0 unspecified atom stereocenters. The molecule has 1 aliphatic heterocycles. The van der Waals surface area contributed by atoms with Crippen LogP contribution in [-0.4, -0.2) is 32.4 Å². The van der Waals surface area contributed by atoms with Gasteiger partial charge in [0, 0.05) is 50.1 Å². The summed E-state index contributed by atoms with van der Waals surface area (Å²) in [7, 11) is 0. The predicted molar refractivity (Wildman–Crippen MR) is 104 cm³/mol. The van der Waals surface area contributed by atoms with Gasteiger partial charge in [-0.05, 0) is 36.2 Å². The number of esters is 1. The van der Waals surface area contributed by atoms with Crippen molar-refractivity contribution in [2.45, 2.75) is 26.4 Å². The number of aromatic nitrogens is 3. The molecule has 1 N–H and O–H groups in total. The quantitative estimate of drug-likeness (QED) is 0.555. The molecule has 0 saturated heterocycles. The van der Waals surface area contributed by atoms with Gasteiger partial charge in [-0.3, -0.25) is 19.5 Å². The first kappa shape index (κ1) is 18.1. The van der Waals surface area contributed by atoms with Gasteiger partial charge in [0.2, 0.25) is 0 Å². The summed E-state index contributed by atoms with van der Waals surface area (Å²) in [6, 6.07) is 11.2. The Kier molecular flexibility index (Phi) is 4.99. The lowest BCUT2D eigenvalue weighted by atomic mass is 10.1. The van der Waals surface area contributed by atoms with Crippen LogP contribution in [0.25, 0.3) is 11.4 Å². The van der Waals surface area contributed by atoms with Gasteiger partial charge in [0.05, 0.1) is 5.69 Å². The van der Waals surface area contributed by atoms with E-state index in [4.69, 9.17) is 4.74 Å². The van der Waals surface area contributed by atoms with Crippen molar-refractivity contribution in [3.05, 3.63) is 76.0 Å². The molecule has 0 saturated carbocycles. The summed E-state index contributed by atoms with van der Waals surface area (Å²) in [5.41, 5.74) is 3.39. The number of rotatable bonds is 4.